The van der Waals surface area contributed by atoms with Crippen molar-refractivity contribution in [3.8, 4) is 0 Å². The molecule has 0 saturated heterocycles. The van der Waals surface area contributed by atoms with Crippen LogP contribution in [0.4, 0.5) is 5.69 Å². The minimum Gasteiger partial charge on any atom is -1.00 e. The third-order valence-electron chi connectivity index (χ3n) is 7.65. The van der Waals surface area contributed by atoms with E-state index in [0.717, 1.165) is 6.54 Å². The molecule has 5 aromatic carbocycles. The first-order chi connectivity index (χ1) is 18.0. The number of fused-ring (bicyclic) bond motifs is 2. The van der Waals surface area contributed by atoms with E-state index < -0.39 is 0 Å². The Morgan fingerprint density at radius 3 is 2.08 bits per heavy atom. The molecule has 0 radical (unpaired) electrons. The number of hydrogen-bond donors (Lipinski definition) is 0. The first-order valence-electron chi connectivity index (χ1n) is 12.9. The van der Waals surface area contributed by atoms with Crippen molar-refractivity contribution < 1.29 is 45.5 Å². The van der Waals surface area contributed by atoms with Crippen LogP contribution in [-0.4, -0.2) is 0 Å². The Balaban J connectivity index is 0.00000176. The predicted molar refractivity (Wildman–Crippen MR) is 153 cm³/mol. The zero-order valence-corrected chi connectivity index (χ0v) is 25.5. The first-order valence-corrected chi connectivity index (χ1v) is 13.6. The molecule has 193 valence electrons. The summed E-state index contributed by atoms with van der Waals surface area (Å²) < 4.78 is 2.45. The smallest absolute Gasteiger partial charge is 1.00 e. The zero-order chi connectivity index (χ0) is 25.5. The van der Waals surface area contributed by atoms with E-state index in [1.165, 1.54) is 66.5 Å². The molecule has 0 fully saturated rings. The van der Waals surface area contributed by atoms with Crippen LogP contribution < -0.4 is 28.2 Å². The molecule has 0 heterocycles. The van der Waals surface area contributed by atoms with Gasteiger partial charge in [0.2, 0.25) is 0 Å². The number of nitrogens with zero attached hydrogens (tertiary/aromatic N) is 1. The van der Waals surface area contributed by atoms with Crippen molar-refractivity contribution in [3.05, 3.63) is 148 Å². The Hall–Kier alpha value is -2.81. The van der Waals surface area contributed by atoms with Crippen LogP contribution >= 0.6 is 0 Å². The average Bonchev–Trinajstić information content (AvgIpc) is 3.28. The van der Waals surface area contributed by atoms with Crippen LogP contribution in [0.3, 0.4) is 0 Å². The second kappa shape index (κ2) is 12.2. The van der Waals surface area contributed by atoms with Crippen molar-refractivity contribution >= 4 is 28.1 Å². The van der Waals surface area contributed by atoms with Gasteiger partial charge in [-0.25, -0.2) is 0 Å². The molecule has 4 heteroatoms. The predicted octanol–water partition coefficient (Wildman–Crippen LogP) is 2.93. The van der Waals surface area contributed by atoms with Crippen LogP contribution in [-0.2, 0) is 27.2 Å². The van der Waals surface area contributed by atoms with Crippen LogP contribution in [0.1, 0.15) is 50.4 Å². The summed E-state index contributed by atoms with van der Waals surface area (Å²) in [7, 11) is 0. The molecule has 0 aromatic heterocycles. The van der Waals surface area contributed by atoms with E-state index in [4.69, 9.17) is 0 Å². The number of benzene rings is 5. The van der Waals surface area contributed by atoms with Gasteiger partial charge in [-0.1, -0.05) is 0 Å². The zero-order valence-electron chi connectivity index (χ0n) is 22.4. The van der Waals surface area contributed by atoms with Gasteiger partial charge < -0.3 is 24.8 Å². The Bertz CT molecular complexity index is 1640. The van der Waals surface area contributed by atoms with E-state index in [1.807, 2.05) is 0 Å². The molecule has 0 saturated carbocycles. The number of hydrogen-bond acceptors (Lipinski definition) is 1. The average molecular weight is 583 g/mol. The van der Waals surface area contributed by atoms with Crippen molar-refractivity contribution in [3.63, 3.8) is 0 Å². The summed E-state index contributed by atoms with van der Waals surface area (Å²) in [6.45, 7) is 7.50. The molecular weight excluding hydrogens is 553 g/mol. The van der Waals surface area contributed by atoms with Crippen molar-refractivity contribution in [2.45, 2.75) is 33.2 Å². The molecule has 0 N–H and O–H groups in total. The number of allylic oxidation sites excluding steroid dienone is 1. The Morgan fingerprint density at radius 2 is 1.33 bits per heavy atom. The fraction of sp³-hybridized carbons (Fsp3) is 0.143. The second-order valence-electron chi connectivity index (χ2n) is 10.2. The van der Waals surface area contributed by atoms with Gasteiger partial charge in [0.15, 0.2) is 0 Å². The molecule has 0 spiro atoms. The first kappa shape index (κ1) is 29.2. The molecule has 5 aromatic rings. The van der Waals surface area contributed by atoms with Gasteiger partial charge in [0.1, 0.15) is 0 Å². The maximum atomic E-state index is 2.45. The maximum absolute atomic E-state index is 2.45. The van der Waals surface area contributed by atoms with E-state index in [9.17, 15) is 0 Å². The van der Waals surface area contributed by atoms with Crippen LogP contribution in [0.2, 0.25) is 0 Å². The molecule has 1 unspecified atom stereocenters. The molecule has 1 aliphatic carbocycles. The summed E-state index contributed by atoms with van der Waals surface area (Å²) in [5.41, 5.74) is 13.5. The van der Waals surface area contributed by atoms with Gasteiger partial charge in [-0.3, -0.25) is 0 Å². The van der Waals surface area contributed by atoms with E-state index in [2.05, 4.69) is 154 Å². The van der Waals surface area contributed by atoms with Gasteiger partial charge in [-0.2, -0.15) is 0 Å². The summed E-state index contributed by atoms with van der Waals surface area (Å²) in [6, 6.07) is 37.9. The standard InChI is InChI=1S/C35H30N.2ClH.Ti/c1-23-19-24(2)35(25(3)20-23)36-22-33-29-15-9-7-13-27(29)17-18-31(33)34-30-16-10-8-14-28(30)21-32(34)26-11-5-4-6-12-26;;;/h4-21,34H,22H2,1-3H3;2*1H;/q-1;;;+3/p-2. The maximum Gasteiger partial charge on any atom is -1.00 e. The minimum atomic E-state index is 0. The molecule has 0 bridgehead atoms. The van der Waals surface area contributed by atoms with Crippen LogP contribution in [0.15, 0.2) is 103 Å². The summed E-state index contributed by atoms with van der Waals surface area (Å²) in [4.78, 5) is 0. The van der Waals surface area contributed by atoms with Gasteiger partial charge in [0.05, 0.1) is 0 Å². The van der Waals surface area contributed by atoms with Crippen LogP contribution in [0.25, 0.3) is 22.4 Å². The number of halogens is 2. The molecule has 0 aliphatic heterocycles. The number of anilines is 1. The summed E-state index contributed by atoms with van der Waals surface area (Å²) in [5.74, 6) is 0.201. The third-order valence-corrected chi connectivity index (χ3v) is 8.24. The molecule has 1 aliphatic rings. The Labute approximate surface area is 256 Å². The van der Waals surface area contributed by atoms with Gasteiger partial charge in [0, 0.05) is 0 Å². The second-order valence-corrected chi connectivity index (χ2v) is 11.1. The number of aryl methyl sites for hydroxylation is 3. The normalized spacial score (nSPS) is 13.8. The minimum absolute atomic E-state index is 0. The SMILES string of the molecule is Cc1cc(C)c([N]([Ti+2])Cc2c(C3C(c4ccccc4)=Cc4ccccc43)ccc3ccccc23)c(C)c1.[Cl-].[Cl-]. The monoisotopic (exact) mass is 582 g/mol. The van der Waals surface area contributed by atoms with E-state index in [1.54, 1.807) is 0 Å². The Kier molecular flexibility index (Phi) is 9.09. The fourth-order valence-electron chi connectivity index (χ4n) is 6.17. The van der Waals surface area contributed by atoms with E-state index in [-0.39, 0.29) is 30.7 Å². The van der Waals surface area contributed by atoms with Crippen molar-refractivity contribution in [2.24, 2.45) is 0 Å². The van der Waals surface area contributed by atoms with Crippen molar-refractivity contribution in [1.29, 1.82) is 0 Å². The van der Waals surface area contributed by atoms with Crippen molar-refractivity contribution in [1.82, 2.24) is 0 Å². The van der Waals surface area contributed by atoms with Crippen LogP contribution in [0, 0.1) is 20.8 Å². The quantitative estimate of drug-likeness (QED) is 0.288. The third kappa shape index (κ3) is 5.47. The number of rotatable bonds is 5. The fourth-order valence-corrected chi connectivity index (χ4v) is 6.97. The summed E-state index contributed by atoms with van der Waals surface area (Å²) >= 11 is 2.24. The molecule has 0 amide bonds. The van der Waals surface area contributed by atoms with Gasteiger partial charge in [-0.15, -0.1) is 0 Å². The Morgan fingerprint density at radius 1 is 0.692 bits per heavy atom. The summed E-state index contributed by atoms with van der Waals surface area (Å²) in [6.07, 6.45) is 2.40. The van der Waals surface area contributed by atoms with Gasteiger partial charge >= 0.3 is 233 Å². The largest absolute Gasteiger partial charge is 1.00 e. The molecule has 1 atom stereocenters. The van der Waals surface area contributed by atoms with E-state index in [0.29, 0.717) is 0 Å². The van der Waals surface area contributed by atoms with Gasteiger partial charge in [-0.05, 0) is 0 Å². The molecule has 39 heavy (non-hydrogen) atoms. The molecular formula is C35H30Cl2NTi. The summed E-state index contributed by atoms with van der Waals surface area (Å²) in [5, 5.41) is 2.63. The van der Waals surface area contributed by atoms with Gasteiger partial charge in [0.25, 0.3) is 0 Å². The molecule has 1 nitrogen and oxygen atoms in total. The van der Waals surface area contributed by atoms with Crippen molar-refractivity contribution in [2.75, 3.05) is 3.38 Å². The molecule has 6 rings (SSSR count). The van der Waals surface area contributed by atoms with E-state index >= 15 is 0 Å². The topological polar surface area (TPSA) is 3.24 Å². The van der Waals surface area contributed by atoms with Crippen LogP contribution in [0.5, 0.6) is 0 Å².